The predicted molar refractivity (Wildman–Crippen MR) is 98.0 cm³/mol. The van der Waals surface area contributed by atoms with Gasteiger partial charge < -0.3 is 4.57 Å². The summed E-state index contributed by atoms with van der Waals surface area (Å²) in [5.74, 6) is 2.62. The van der Waals surface area contributed by atoms with Crippen molar-refractivity contribution < 1.29 is 4.39 Å². The van der Waals surface area contributed by atoms with Crippen molar-refractivity contribution in [1.82, 2.24) is 14.5 Å². The van der Waals surface area contributed by atoms with Crippen LogP contribution in [0.3, 0.4) is 0 Å². The largest absolute Gasteiger partial charge is 0.332 e. The van der Waals surface area contributed by atoms with Crippen LogP contribution in [-0.2, 0) is 13.1 Å². The molecule has 25 heavy (non-hydrogen) atoms. The minimum atomic E-state index is -0.133. The van der Waals surface area contributed by atoms with Gasteiger partial charge in [0.2, 0.25) is 0 Å². The van der Waals surface area contributed by atoms with E-state index in [-0.39, 0.29) is 5.82 Å². The van der Waals surface area contributed by atoms with E-state index in [2.05, 4.69) is 16.4 Å². The van der Waals surface area contributed by atoms with Crippen molar-refractivity contribution in [3.8, 4) is 0 Å². The lowest BCUT2D eigenvalue weighted by Crippen LogP contribution is -2.35. The summed E-state index contributed by atoms with van der Waals surface area (Å²) >= 11 is 0. The Labute approximate surface area is 149 Å². The normalized spacial score (nSPS) is 19.9. The van der Waals surface area contributed by atoms with Crippen LogP contribution in [-0.4, -0.2) is 27.5 Å². The van der Waals surface area contributed by atoms with Crippen molar-refractivity contribution in [1.29, 1.82) is 0 Å². The zero-order valence-corrected chi connectivity index (χ0v) is 15.1. The number of nitrogens with zero attached hydrogens (tertiary/aromatic N) is 3. The van der Waals surface area contributed by atoms with Gasteiger partial charge in [0, 0.05) is 30.9 Å². The smallest absolute Gasteiger partial charge is 0.123 e. The van der Waals surface area contributed by atoms with Crippen LogP contribution in [0.2, 0.25) is 0 Å². The number of aromatic nitrogens is 2. The summed E-state index contributed by atoms with van der Waals surface area (Å²) in [5.41, 5.74) is 2.39. The van der Waals surface area contributed by atoms with Gasteiger partial charge in [-0.1, -0.05) is 18.6 Å². The van der Waals surface area contributed by atoms with Gasteiger partial charge in [-0.05, 0) is 69.3 Å². The van der Waals surface area contributed by atoms with Crippen LogP contribution in [0, 0.1) is 18.7 Å². The second kappa shape index (κ2) is 7.28. The molecule has 1 aromatic carbocycles. The van der Waals surface area contributed by atoms with Crippen LogP contribution in [0.25, 0.3) is 0 Å². The summed E-state index contributed by atoms with van der Waals surface area (Å²) in [6.45, 7) is 6.38. The molecule has 4 rings (SSSR count). The molecule has 0 radical (unpaired) electrons. The quantitative estimate of drug-likeness (QED) is 0.798. The van der Waals surface area contributed by atoms with Gasteiger partial charge in [0.05, 0.1) is 0 Å². The Bertz CT molecular complexity index is 712. The number of rotatable bonds is 5. The molecule has 0 N–H and O–H groups in total. The summed E-state index contributed by atoms with van der Waals surface area (Å²) < 4.78 is 15.8. The molecule has 0 spiro atoms. The summed E-state index contributed by atoms with van der Waals surface area (Å²) in [7, 11) is 0. The lowest BCUT2D eigenvalue weighted by atomic mass is 9.84. The monoisotopic (exact) mass is 341 g/mol. The molecule has 1 aliphatic carbocycles. The van der Waals surface area contributed by atoms with E-state index in [4.69, 9.17) is 4.98 Å². The highest BCUT2D eigenvalue weighted by atomic mass is 19.1. The summed E-state index contributed by atoms with van der Waals surface area (Å²) in [6.07, 6.45) is 8.46. The van der Waals surface area contributed by atoms with Crippen LogP contribution >= 0.6 is 0 Å². The standard InChI is InChI=1S/C21H28FN3/c1-16-13-23-21(19-5-3-6-19)25(16)15-17-8-10-24(11-9-17)14-18-4-2-7-20(22)12-18/h2,4,7,12-13,17,19H,3,5-6,8-11,14-15H2,1H3. The molecule has 4 heteroatoms. The van der Waals surface area contributed by atoms with Gasteiger partial charge in [-0.3, -0.25) is 4.90 Å². The van der Waals surface area contributed by atoms with E-state index in [0.717, 1.165) is 37.7 Å². The van der Waals surface area contributed by atoms with Crippen LogP contribution in [0.15, 0.2) is 30.5 Å². The minimum Gasteiger partial charge on any atom is -0.332 e. The Morgan fingerprint density at radius 1 is 1.16 bits per heavy atom. The number of benzene rings is 1. The number of aryl methyl sites for hydroxylation is 1. The summed E-state index contributed by atoms with van der Waals surface area (Å²) in [6, 6.07) is 7.00. The van der Waals surface area contributed by atoms with Crippen molar-refractivity contribution in [2.45, 2.75) is 58.0 Å². The highest BCUT2D eigenvalue weighted by Gasteiger charge is 2.27. The molecule has 1 aromatic heterocycles. The lowest BCUT2D eigenvalue weighted by Gasteiger charge is -2.33. The molecule has 1 aliphatic heterocycles. The molecular weight excluding hydrogens is 313 g/mol. The van der Waals surface area contributed by atoms with Gasteiger partial charge in [0.25, 0.3) is 0 Å². The first-order chi connectivity index (χ1) is 12.2. The molecule has 2 fully saturated rings. The molecule has 1 saturated heterocycles. The second-order valence-corrected chi connectivity index (χ2v) is 7.85. The van der Waals surface area contributed by atoms with Gasteiger partial charge in [0.15, 0.2) is 0 Å². The molecule has 0 bridgehead atoms. The van der Waals surface area contributed by atoms with E-state index < -0.39 is 0 Å². The number of hydrogen-bond donors (Lipinski definition) is 0. The van der Waals surface area contributed by atoms with Gasteiger partial charge in [-0.25, -0.2) is 9.37 Å². The zero-order chi connectivity index (χ0) is 17.2. The average molecular weight is 341 g/mol. The molecule has 134 valence electrons. The maximum atomic E-state index is 13.3. The van der Waals surface area contributed by atoms with Crippen molar-refractivity contribution in [2.24, 2.45) is 5.92 Å². The number of hydrogen-bond acceptors (Lipinski definition) is 2. The van der Waals surface area contributed by atoms with Gasteiger partial charge in [0.1, 0.15) is 11.6 Å². The van der Waals surface area contributed by atoms with Crippen molar-refractivity contribution in [3.05, 3.63) is 53.4 Å². The van der Waals surface area contributed by atoms with Crippen molar-refractivity contribution >= 4 is 0 Å². The zero-order valence-electron chi connectivity index (χ0n) is 15.1. The maximum Gasteiger partial charge on any atom is 0.123 e. The fourth-order valence-electron chi connectivity index (χ4n) is 4.19. The van der Waals surface area contributed by atoms with E-state index in [0.29, 0.717) is 5.92 Å². The van der Waals surface area contributed by atoms with Gasteiger partial charge >= 0.3 is 0 Å². The summed E-state index contributed by atoms with van der Waals surface area (Å²) in [5, 5.41) is 0. The summed E-state index contributed by atoms with van der Waals surface area (Å²) in [4.78, 5) is 7.16. The highest BCUT2D eigenvalue weighted by molar-refractivity contribution is 5.16. The van der Waals surface area contributed by atoms with Crippen LogP contribution in [0.4, 0.5) is 4.39 Å². The Kier molecular flexibility index (Phi) is 4.89. The van der Waals surface area contributed by atoms with Gasteiger partial charge in [-0.15, -0.1) is 0 Å². The van der Waals surface area contributed by atoms with Crippen LogP contribution in [0.1, 0.15) is 55.1 Å². The minimum absolute atomic E-state index is 0.133. The van der Waals surface area contributed by atoms with Crippen LogP contribution < -0.4 is 0 Å². The Morgan fingerprint density at radius 2 is 1.96 bits per heavy atom. The molecule has 2 heterocycles. The Balaban J connectivity index is 1.33. The number of imidazole rings is 1. The van der Waals surface area contributed by atoms with Crippen LogP contribution in [0.5, 0.6) is 0 Å². The predicted octanol–water partition coefficient (Wildman–Crippen LogP) is 4.51. The first-order valence-electron chi connectivity index (χ1n) is 9.68. The molecule has 3 nitrogen and oxygen atoms in total. The molecule has 0 atom stereocenters. The molecule has 2 aromatic rings. The second-order valence-electron chi connectivity index (χ2n) is 7.85. The lowest BCUT2D eigenvalue weighted by molar-refractivity contribution is 0.165. The third-order valence-corrected chi connectivity index (χ3v) is 6.00. The average Bonchev–Trinajstić information content (AvgIpc) is 2.89. The van der Waals surface area contributed by atoms with Crippen molar-refractivity contribution in [2.75, 3.05) is 13.1 Å². The van der Waals surface area contributed by atoms with E-state index in [1.54, 1.807) is 12.1 Å². The first-order valence-corrected chi connectivity index (χ1v) is 9.68. The Hall–Kier alpha value is -1.68. The van der Waals surface area contributed by atoms with E-state index >= 15 is 0 Å². The van der Waals surface area contributed by atoms with E-state index in [1.165, 1.54) is 49.7 Å². The molecule has 0 amide bonds. The number of halogens is 1. The SMILES string of the molecule is Cc1cnc(C2CCC2)n1CC1CCN(Cc2cccc(F)c2)CC1. The molecule has 1 saturated carbocycles. The maximum absolute atomic E-state index is 13.3. The Morgan fingerprint density at radius 3 is 2.64 bits per heavy atom. The third-order valence-electron chi connectivity index (χ3n) is 6.00. The van der Waals surface area contributed by atoms with Crippen molar-refractivity contribution in [3.63, 3.8) is 0 Å². The first kappa shape index (κ1) is 16.8. The molecule has 0 unspecified atom stereocenters. The number of piperidine rings is 1. The molecule has 2 aliphatic rings. The topological polar surface area (TPSA) is 21.1 Å². The fraction of sp³-hybridized carbons (Fsp3) is 0.571. The fourth-order valence-corrected chi connectivity index (χ4v) is 4.19. The molecular formula is C21H28FN3. The van der Waals surface area contributed by atoms with E-state index in [9.17, 15) is 4.39 Å². The number of likely N-dealkylation sites (tertiary alicyclic amines) is 1. The highest BCUT2D eigenvalue weighted by Crippen LogP contribution is 2.36. The van der Waals surface area contributed by atoms with Gasteiger partial charge in [-0.2, -0.15) is 0 Å². The van der Waals surface area contributed by atoms with E-state index in [1.807, 2.05) is 12.3 Å². The third kappa shape index (κ3) is 3.79.